The number of rotatable bonds is 8. The molecule has 0 aromatic carbocycles. The van der Waals surface area contributed by atoms with Gasteiger partial charge in [-0.1, -0.05) is 25.2 Å². The molecule has 2 rings (SSSR count). The molecule has 24 heavy (non-hydrogen) atoms. The van der Waals surface area contributed by atoms with Crippen LogP contribution in [-0.4, -0.2) is 33.3 Å². The lowest BCUT2D eigenvalue weighted by Gasteiger charge is -2.42. The van der Waals surface area contributed by atoms with Gasteiger partial charge < -0.3 is 9.84 Å². The van der Waals surface area contributed by atoms with Gasteiger partial charge in [-0.05, 0) is 65.7 Å². The summed E-state index contributed by atoms with van der Waals surface area (Å²) in [4.78, 5) is 4.49. The molecule has 2 N–H and O–H groups in total. The Bertz CT molecular complexity index is 496. The van der Waals surface area contributed by atoms with Crippen LogP contribution in [0.4, 0.5) is 0 Å². The van der Waals surface area contributed by atoms with E-state index in [4.69, 9.17) is 9.99 Å². The number of aliphatic hydroxyl groups is 1. The van der Waals surface area contributed by atoms with Gasteiger partial charge in [0, 0.05) is 5.41 Å². The Morgan fingerprint density at radius 3 is 2.58 bits per heavy atom. The van der Waals surface area contributed by atoms with Gasteiger partial charge in [0.25, 0.3) is 0 Å². The van der Waals surface area contributed by atoms with E-state index in [-0.39, 0.29) is 17.1 Å². The molecular weight excluding hydrogens is 304 g/mol. The van der Waals surface area contributed by atoms with Crippen LogP contribution in [0.15, 0.2) is 24.8 Å². The van der Waals surface area contributed by atoms with Crippen LogP contribution in [0.5, 0.6) is 0 Å². The van der Waals surface area contributed by atoms with Crippen LogP contribution >= 0.6 is 0 Å². The van der Waals surface area contributed by atoms with Gasteiger partial charge in [0.05, 0.1) is 17.3 Å². The minimum atomic E-state index is -0.832. The molecule has 0 aromatic rings. The van der Waals surface area contributed by atoms with Crippen LogP contribution in [0.2, 0.25) is 0 Å². The minimum absolute atomic E-state index is 0.0340. The number of ether oxygens (including phenoxy) is 1. The zero-order valence-corrected chi connectivity index (χ0v) is 15.8. The topological polar surface area (TPSA) is 58.9 Å². The fraction of sp³-hybridized carbons (Fsp3) is 0.800. The van der Waals surface area contributed by atoms with E-state index in [1.807, 2.05) is 26.8 Å². The normalized spacial score (nSPS) is 38.6. The molecule has 2 saturated heterocycles. The average Bonchev–Trinajstić information content (AvgIpc) is 2.98. The van der Waals surface area contributed by atoms with Gasteiger partial charge in [-0.15, -0.1) is 6.58 Å². The van der Waals surface area contributed by atoms with Crippen molar-refractivity contribution in [2.45, 2.75) is 89.6 Å². The van der Waals surface area contributed by atoms with E-state index in [9.17, 15) is 5.11 Å². The lowest BCUT2D eigenvalue weighted by Crippen LogP contribution is -2.43. The lowest BCUT2D eigenvalue weighted by molar-refractivity contribution is -0.297. The van der Waals surface area contributed by atoms with Crippen molar-refractivity contribution in [1.29, 1.82) is 0 Å². The predicted octanol–water partition coefficient (Wildman–Crippen LogP) is 4.49. The molecule has 4 nitrogen and oxygen atoms in total. The molecule has 2 aliphatic heterocycles. The summed E-state index contributed by atoms with van der Waals surface area (Å²) >= 11 is 0. The Kier molecular flexibility index (Phi) is 5.37. The second-order valence-electron chi connectivity index (χ2n) is 8.92. The molecule has 2 heterocycles. The largest absolute Gasteiger partial charge is 0.386 e. The van der Waals surface area contributed by atoms with Crippen molar-refractivity contribution >= 4 is 0 Å². The molecular formula is C20H34O4. The number of hydrogen-bond acceptors (Lipinski definition) is 4. The molecule has 4 heteroatoms. The average molecular weight is 338 g/mol. The fourth-order valence-electron chi connectivity index (χ4n) is 4.58. The van der Waals surface area contributed by atoms with Crippen molar-refractivity contribution in [2.24, 2.45) is 11.3 Å². The molecule has 2 bridgehead atoms. The summed E-state index contributed by atoms with van der Waals surface area (Å²) in [7, 11) is 0. The quantitative estimate of drug-likeness (QED) is 0.389. The van der Waals surface area contributed by atoms with E-state index in [2.05, 4.69) is 31.4 Å². The van der Waals surface area contributed by atoms with Crippen LogP contribution in [0.25, 0.3) is 0 Å². The number of hydrogen-bond donors (Lipinski definition) is 2. The summed E-state index contributed by atoms with van der Waals surface area (Å²) in [6.07, 6.45) is 10.5. The molecule has 2 aliphatic rings. The summed E-state index contributed by atoms with van der Waals surface area (Å²) in [5, 5.41) is 19.2. The van der Waals surface area contributed by atoms with Gasteiger partial charge in [-0.2, -0.15) is 0 Å². The van der Waals surface area contributed by atoms with E-state index >= 15 is 0 Å². The second kappa shape index (κ2) is 6.56. The second-order valence-corrected chi connectivity index (χ2v) is 8.92. The molecule has 2 fully saturated rings. The molecule has 0 spiro atoms. The highest BCUT2D eigenvalue weighted by molar-refractivity contribution is 5.13. The Hall–Kier alpha value is -0.680. The van der Waals surface area contributed by atoms with Gasteiger partial charge in [0.15, 0.2) is 0 Å². The van der Waals surface area contributed by atoms with Crippen molar-refractivity contribution in [3.63, 3.8) is 0 Å². The third kappa shape index (κ3) is 3.77. The Labute approximate surface area is 146 Å². The van der Waals surface area contributed by atoms with E-state index in [1.54, 1.807) is 6.08 Å². The van der Waals surface area contributed by atoms with Crippen LogP contribution in [0.1, 0.15) is 66.7 Å². The van der Waals surface area contributed by atoms with Gasteiger partial charge in [-0.25, -0.2) is 4.89 Å². The summed E-state index contributed by atoms with van der Waals surface area (Å²) in [5.41, 5.74) is -1.58. The van der Waals surface area contributed by atoms with Crippen LogP contribution in [-0.2, 0) is 9.62 Å². The third-order valence-electron chi connectivity index (χ3n) is 6.27. The first-order chi connectivity index (χ1) is 11.0. The molecule has 0 saturated carbocycles. The molecule has 138 valence electrons. The summed E-state index contributed by atoms with van der Waals surface area (Å²) in [6, 6.07) is 0. The highest BCUT2D eigenvalue weighted by atomic mass is 17.1. The molecule has 0 amide bonds. The van der Waals surface area contributed by atoms with E-state index in [0.29, 0.717) is 12.3 Å². The highest BCUT2D eigenvalue weighted by Crippen LogP contribution is 2.61. The van der Waals surface area contributed by atoms with Crippen LogP contribution in [0, 0.1) is 11.3 Å². The van der Waals surface area contributed by atoms with Gasteiger partial charge in [0.2, 0.25) is 0 Å². The predicted molar refractivity (Wildman–Crippen MR) is 95.7 cm³/mol. The molecule has 0 aliphatic carbocycles. The van der Waals surface area contributed by atoms with Crippen LogP contribution < -0.4 is 0 Å². The zero-order valence-electron chi connectivity index (χ0n) is 15.8. The maximum absolute atomic E-state index is 10.3. The number of allylic oxidation sites excluding steroid dienone is 1. The summed E-state index contributed by atoms with van der Waals surface area (Å²) in [6.45, 7) is 13.7. The third-order valence-corrected chi connectivity index (χ3v) is 6.27. The first-order valence-electron chi connectivity index (χ1n) is 9.02. The van der Waals surface area contributed by atoms with Crippen molar-refractivity contribution in [2.75, 3.05) is 0 Å². The van der Waals surface area contributed by atoms with Crippen molar-refractivity contribution in [1.82, 2.24) is 0 Å². The molecule has 0 radical (unpaired) electrons. The van der Waals surface area contributed by atoms with Crippen LogP contribution in [0.3, 0.4) is 0 Å². The SMILES string of the molecule is C=C[C@@](C)(O)CCC1[C@](C)(C/C=C\C(C)(C)OO)C2CC[C@@]1(C)O2. The molecule has 5 atom stereocenters. The number of fused-ring (bicyclic) bond motifs is 2. The van der Waals surface area contributed by atoms with Crippen molar-refractivity contribution < 1.29 is 20.0 Å². The van der Waals surface area contributed by atoms with Crippen molar-refractivity contribution in [3.05, 3.63) is 24.8 Å². The first-order valence-corrected chi connectivity index (χ1v) is 9.02. The Morgan fingerprint density at radius 2 is 2.00 bits per heavy atom. The van der Waals surface area contributed by atoms with Gasteiger partial charge in [-0.3, -0.25) is 5.26 Å². The molecule has 2 unspecified atom stereocenters. The van der Waals surface area contributed by atoms with E-state index in [1.165, 1.54) is 0 Å². The van der Waals surface area contributed by atoms with Gasteiger partial charge in [0.1, 0.15) is 5.60 Å². The fourth-order valence-corrected chi connectivity index (χ4v) is 4.58. The maximum atomic E-state index is 10.3. The minimum Gasteiger partial charge on any atom is -0.386 e. The maximum Gasteiger partial charge on any atom is 0.116 e. The Balaban J connectivity index is 2.14. The van der Waals surface area contributed by atoms with Crippen molar-refractivity contribution in [3.8, 4) is 0 Å². The standard InChI is InChI=1S/C20H34O4/c1-7-18(4,21)13-9-15-19(5,12-8-11-17(2,3)24-22)16-10-14-20(15,6)23-16/h7-8,11,15-16,21-22H,1,9-10,12-14H2,2-6H3/b11-8-/t15?,16?,18-,19+,20-/m1/s1. The Morgan fingerprint density at radius 1 is 1.33 bits per heavy atom. The van der Waals surface area contributed by atoms with E-state index < -0.39 is 11.2 Å². The lowest BCUT2D eigenvalue weighted by atomic mass is 9.59. The highest BCUT2D eigenvalue weighted by Gasteiger charge is 2.61. The zero-order chi connectivity index (χ0) is 18.2. The smallest absolute Gasteiger partial charge is 0.116 e. The van der Waals surface area contributed by atoms with E-state index in [0.717, 1.165) is 25.7 Å². The first kappa shape index (κ1) is 19.6. The van der Waals surface area contributed by atoms with Gasteiger partial charge >= 0.3 is 0 Å². The molecule has 0 aromatic heterocycles. The summed E-state index contributed by atoms with van der Waals surface area (Å²) in [5.74, 6) is 0.387. The summed E-state index contributed by atoms with van der Waals surface area (Å²) < 4.78 is 6.37. The monoisotopic (exact) mass is 338 g/mol.